The van der Waals surface area contributed by atoms with Crippen molar-refractivity contribution in [1.29, 1.82) is 0 Å². The maximum Gasteiger partial charge on any atom is 0.204 e. The van der Waals surface area contributed by atoms with Crippen LogP contribution in [0.5, 0.6) is 5.75 Å². The van der Waals surface area contributed by atoms with Crippen molar-refractivity contribution in [3.63, 3.8) is 0 Å². The summed E-state index contributed by atoms with van der Waals surface area (Å²) in [5.41, 5.74) is 2.06. The van der Waals surface area contributed by atoms with Crippen LogP contribution in [0.3, 0.4) is 0 Å². The van der Waals surface area contributed by atoms with E-state index in [0.29, 0.717) is 18.1 Å². The SMILES string of the molecule is CCOc1ccc(-n2nc(CS)c(=O)cc2C)cc1. The van der Waals surface area contributed by atoms with Crippen LogP contribution in [0.2, 0.25) is 0 Å². The zero-order valence-corrected chi connectivity index (χ0v) is 11.9. The van der Waals surface area contributed by atoms with E-state index in [4.69, 9.17) is 4.74 Å². The molecule has 19 heavy (non-hydrogen) atoms. The molecule has 0 N–H and O–H groups in total. The fourth-order valence-electron chi connectivity index (χ4n) is 1.80. The number of thiol groups is 1. The van der Waals surface area contributed by atoms with Gasteiger partial charge in [-0.1, -0.05) is 0 Å². The largest absolute Gasteiger partial charge is 0.494 e. The van der Waals surface area contributed by atoms with Crippen molar-refractivity contribution < 1.29 is 4.74 Å². The first kappa shape index (κ1) is 13.7. The molecule has 0 bridgehead atoms. The summed E-state index contributed by atoms with van der Waals surface area (Å²) in [7, 11) is 0. The maximum atomic E-state index is 11.6. The Hall–Kier alpha value is -1.75. The first-order valence-electron chi connectivity index (χ1n) is 6.09. The van der Waals surface area contributed by atoms with E-state index in [1.54, 1.807) is 10.7 Å². The Morgan fingerprint density at radius 3 is 2.58 bits per heavy atom. The van der Waals surface area contributed by atoms with E-state index in [1.165, 1.54) is 0 Å². The second kappa shape index (κ2) is 5.93. The highest BCUT2D eigenvalue weighted by molar-refractivity contribution is 7.79. The topological polar surface area (TPSA) is 44.1 Å². The van der Waals surface area contributed by atoms with Crippen molar-refractivity contribution in [1.82, 2.24) is 9.78 Å². The van der Waals surface area contributed by atoms with E-state index < -0.39 is 0 Å². The molecule has 0 aliphatic carbocycles. The Bertz CT molecular complexity index is 620. The van der Waals surface area contributed by atoms with Gasteiger partial charge in [0.15, 0.2) is 0 Å². The van der Waals surface area contributed by atoms with Crippen LogP contribution in [0.4, 0.5) is 0 Å². The Morgan fingerprint density at radius 2 is 2.00 bits per heavy atom. The predicted molar refractivity (Wildman–Crippen MR) is 78.4 cm³/mol. The van der Waals surface area contributed by atoms with Crippen molar-refractivity contribution in [3.05, 3.63) is 51.9 Å². The highest BCUT2D eigenvalue weighted by Gasteiger charge is 2.06. The molecule has 0 saturated heterocycles. The van der Waals surface area contributed by atoms with Gasteiger partial charge in [0.05, 0.1) is 12.3 Å². The minimum Gasteiger partial charge on any atom is -0.494 e. The smallest absolute Gasteiger partial charge is 0.204 e. The monoisotopic (exact) mass is 276 g/mol. The maximum absolute atomic E-state index is 11.6. The fraction of sp³-hybridized carbons (Fsp3) is 0.286. The molecule has 0 atom stereocenters. The molecule has 1 aromatic heterocycles. The van der Waals surface area contributed by atoms with Gasteiger partial charge in [-0.15, -0.1) is 0 Å². The van der Waals surface area contributed by atoms with E-state index in [1.807, 2.05) is 38.1 Å². The second-order valence-corrected chi connectivity index (χ2v) is 4.41. The molecule has 0 aliphatic heterocycles. The third-order valence-corrected chi connectivity index (χ3v) is 3.02. The van der Waals surface area contributed by atoms with Gasteiger partial charge in [-0.3, -0.25) is 4.79 Å². The molecule has 100 valence electrons. The van der Waals surface area contributed by atoms with Crippen molar-refractivity contribution >= 4 is 12.6 Å². The Kier molecular flexibility index (Phi) is 4.27. The van der Waals surface area contributed by atoms with Gasteiger partial charge in [0.25, 0.3) is 0 Å². The van der Waals surface area contributed by atoms with Crippen molar-refractivity contribution in [3.8, 4) is 11.4 Å². The molecule has 5 heteroatoms. The molecule has 1 aromatic carbocycles. The van der Waals surface area contributed by atoms with Crippen LogP contribution >= 0.6 is 12.6 Å². The minimum atomic E-state index is -0.0744. The molecule has 0 saturated carbocycles. The Morgan fingerprint density at radius 1 is 1.32 bits per heavy atom. The van der Waals surface area contributed by atoms with E-state index >= 15 is 0 Å². The third-order valence-electron chi connectivity index (χ3n) is 2.72. The number of hydrogen-bond acceptors (Lipinski definition) is 4. The normalized spacial score (nSPS) is 10.5. The molecule has 0 amide bonds. The summed E-state index contributed by atoms with van der Waals surface area (Å²) in [5, 5.41) is 4.32. The van der Waals surface area contributed by atoms with Gasteiger partial charge in [0, 0.05) is 17.5 Å². The molecule has 2 rings (SSSR count). The quantitative estimate of drug-likeness (QED) is 0.872. The van der Waals surface area contributed by atoms with Gasteiger partial charge in [-0.25, -0.2) is 4.68 Å². The van der Waals surface area contributed by atoms with E-state index in [9.17, 15) is 4.79 Å². The zero-order chi connectivity index (χ0) is 13.8. The van der Waals surface area contributed by atoms with Crippen molar-refractivity contribution in [2.75, 3.05) is 6.61 Å². The van der Waals surface area contributed by atoms with E-state index in [0.717, 1.165) is 17.1 Å². The number of hydrogen-bond donors (Lipinski definition) is 1. The predicted octanol–water partition coefficient (Wildman–Crippen LogP) is 2.37. The minimum absolute atomic E-state index is 0.0744. The summed E-state index contributed by atoms with van der Waals surface area (Å²) in [6.07, 6.45) is 0. The second-order valence-electron chi connectivity index (χ2n) is 4.09. The fourth-order valence-corrected chi connectivity index (χ4v) is 2.02. The third kappa shape index (κ3) is 2.98. The van der Waals surface area contributed by atoms with Crippen molar-refractivity contribution in [2.45, 2.75) is 19.6 Å². The van der Waals surface area contributed by atoms with Gasteiger partial charge in [0.2, 0.25) is 5.43 Å². The van der Waals surface area contributed by atoms with Gasteiger partial charge in [-0.2, -0.15) is 17.7 Å². The number of rotatable bonds is 4. The number of aromatic nitrogens is 2. The number of aryl methyl sites for hydroxylation is 1. The average Bonchev–Trinajstić information content (AvgIpc) is 2.41. The van der Waals surface area contributed by atoms with Crippen LogP contribution < -0.4 is 10.2 Å². The molecule has 4 nitrogen and oxygen atoms in total. The van der Waals surface area contributed by atoms with Crippen LogP contribution in [-0.2, 0) is 5.75 Å². The number of nitrogens with zero attached hydrogens (tertiary/aromatic N) is 2. The summed E-state index contributed by atoms with van der Waals surface area (Å²) >= 11 is 4.12. The number of ether oxygens (including phenoxy) is 1. The van der Waals surface area contributed by atoms with Crippen LogP contribution in [-0.4, -0.2) is 16.4 Å². The lowest BCUT2D eigenvalue weighted by atomic mass is 10.2. The summed E-state index contributed by atoms with van der Waals surface area (Å²) in [6, 6.07) is 9.18. The molecular weight excluding hydrogens is 260 g/mol. The van der Waals surface area contributed by atoms with Gasteiger partial charge >= 0.3 is 0 Å². The summed E-state index contributed by atoms with van der Waals surface area (Å²) < 4.78 is 7.14. The van der Waals surface area contributed by atoms with Crippen LogP contribution in [0.1, 0.15) is 18.3 Å². The standard InChI is InChI=1S/C14H16N2O2S/c1-3-18-12-6-4-11(5-7-12)16-10(2)8-14(17)13(9-19)15-16/h4-8,19H,3,9H2,1-2H3. The number of benzene rings is 1. The summed E-state index contributed by atoms with van der Waals surface area (Å²) in [4.78, 5) is 11.6. The molecule has 2 aromatic rings. The van der Waals surface area contributed by atoms with Gasteiger partial charge in [-0.05, 0) is 38.1 Å². The lowest BCUT2D eigenvalue weighted by molar-refractivity contribution is 0.340. The average molecular weight is 276 g/mol. The van der Waals surface area contributed by atoms with E-state index in [-0.39, 0.29) is 5.43 Å². The van der Waals surface area contributed by atoms with Crippen LogP contribution in [0.25, 0.3) is 5.69 Å². The summed E-state index contributed by atoms with van der Waals surface area (Å²) in [6.45, 7) is 4.44. The first-order valence-corrected chi connectivity index (χ1v) is 6.73. The molecular formula is C14H16N2O2S. The molecule has 1 heterocycles. The molecule has 0 radical (unpaired) electrons. The van der Waals surface area contributed by atoms with Crippen LogP contribution in [0, 0.1) is 6.92 Å². The van der Waals surface area contributed by atoms with Gasteiger partial charge < -0.3 is 4.74 Å². The molecule has 0 unspecified atom stereocenters. The summed E-state index contributed by atoms with van der Waals surface area (Å²) in [5.74, 6) is 1.15. The molecule has 0 aliphatic rings. The first-order chi connectivity index (χ1) is 9.15. The van der Waals surface area contributed by atoms with Gasteiger partial charge in [0.1, 0.15) is 11.4 Å². The lowest BCUT2D eigenvalue weighted by Gasteiger charge is -2.11. The Labute approximate surface area is 117 Å². The molecule has 0 fully saturated rings. The highest BCUT2D eigenvalue weighted by atomic mass is 32.1. The molecule has 0 spiro atoms. The lowest BCUT2D eigenvalue weighted by Crippen LogP contribution is -2.17. The highest BCUT2D eigenvalue weighted by Crippen LogP contribution is 2.15. The Balaban J connectivity index is 2.43. The zero-order valence-electron chi connectivity index (χ0n) is 11.0. The van der Waals surface area contributed by atoms with Crippen molar-refractivity contribution in [2.24, 2.45) is 0 Å². The van der Waals surface area contributed by atoms with Crippen LogP contribution in [0.15, 0.2) is 35.1 Å². The van der Waals surface area contributed by atoms with E-state index in [2.05, 4.69) is 17.7 Å².